The molecule has 0 aromatic carbocycles. The van der Waals surface area contributed by atoms with E-state index in [-0.39, 0.29) is 0 Å². The Morgan fingerprint density at radius 2 is 2.22 bits per heavy atom. The van der Waals surface area contributed by atoms with Gasteiger partial charge in [0.15, 0.2) is 0 Å². The summed E-state index contributed by atoms with van der Waals surface area (Å²) in [6, 6.07) is 0. The van der Waals surface area contributed by atoms with Gasteiger partial charge >= 0.3 is 0 Å². The molecule has 0 aromatic rings. The monoisotopic (exact) mass is 147 g/mol. The summed E-state index contributed by atoms with van der Waals surface area (Å²) in [5.41, 5.74) is 0. The van der Waals surface area contributed by atoms with Gasteiger partial charge in [0, 0.05) is 12.0 Å². The summed E-state index contributed by atoms with van der Waals surface area (Å²) < 4.78 is 23.8. The molecule has 1 N–H and O–H groups in total. The maximum absolute atomic E-state index is 10.7. The van der Waals surface area contributed by atoms with Gasteiger partial charge in [-0.05, 0) is 12.8 Å². The number of allylic oxidation sites excluding steroid dienone is 1. The molecule has 0 amide bonds. The Balaban J connectivity index is 2.76. The van der Waals surface area contributed by atoms with Crippen LogP contribution in [0.1, 0.15) is 12.8 Å². The molecule has 0 atom stereocenters. The summed E-state index contributed by atoms with van der Waals surface area (Å²) in [5, 5.41) is 1.22. The van der Waals surface area contributed by atoms with Gasteiger partial charge in [0.2, 0.25) is 10.0 Å². The van der Waals surface area contributed by atoms with E-state index in [0.717, 1.165) is 12.8 Å². The second kappa shape index (κ2) is 2.49. The molecule has 0 aliphatic carbocycles. The van der Waals surface area contributed by atoms with Gasteiger partial charge in [-0.25, -0.2) is 13.1 Å². The number of hydrogen-bond acceptors (Lipinski definition) is 2. The Labute approximate surface area is 54.8 Å². The number of hydrogen-bond donors (Lipinski definition) is 1. The molecular weight excluding hydrogens is 138 g/mol. The number of rotatable bonds is 0. The zero-order valence-electron chi connectivity index (χ0n) is 5.00. The van der Waals surface area contributed by atoms with Crippen LogP contribution in [0.25, 0.3) is 0 Å². The van der Waals surface area contributed by atoms with Crippen LogP contribution >= 0.6 is 0 Å². The normalized spacial score (nSPS) is 25.3. The molecule has 0 bridgehead atoms. The quantitative estimate of drug-likeness (QED) is 0.532. The van der Waals surface area contributed by atoms with Gasteiger partial charge < -0.3 is 0 Å². The molecule has 1 heterocycles. The minimum Gasteiger partial charge on any atom is -0.212 e. The summed E-state index contributed by atoms with van der Waals surface area (Å²) in [6.07, 6.45) is 3.43. The molecule has 0 saturated heterocycles. The predicted octanol–water partition coefficient (Wildman–Crippen LogP) is 0.213. The summed E-state index contributed by atoms with van der Waals surface area (Å²) in [6.45, 7) is 0.565. The Kier molecular flexibility index (Phi) is 1.87. The molecule has 1 aliphatic heterocycles. The molecule has 9 heavy (non-hydrogen) atoms. The van der Waals surface area contributed by atoms with E-state index in [1.165, 1.54) is 5.41 Å². The molecular formula is C5H9NO2S. The summed E-state index contributed by atoms with van der Waals surface area (Å²) in [5.74, 6) is 0. The first-order valence-electron chi connectivity index (χ1n) is 2.87. The first-order valence-corrected chi connectivity index (χ1v) is 4.41. The van der Waals surface area contributed by atoms with Crippen molar-refractivity contribution in [1.29, 1.82) is 0 Å². The van der Waals surface area contributed by atoms with E-state index in [0.29, 0.717) is 6.54 Å². The van der Waals surface area contributed by atoms with Crippen molar-refractivity contribution >= 4 is 10.0 Å². The standard InChI is InChI=1S/C5H9NO2S/c7-9(8)5-3-1-2-4-6-9/h3,5-6H,1-2,4H2. The lowest BCUT2D eigenvalue weighted by atomic mass is 10.3. The van der Waals surface area contributed by atoms with Crippen LogP contribution in [-0.4, -0.2) is 15.0 Å². The minimum atomic E-state index is -3.05. The van der Waals surface area contributed by atoms with Crippen LogP contribution < -0.4 is 4.72 Å². The van der Waals surface area contributed by atoms with Crippen LogP contribution in [0.5, 0.6) is 0 Å². The van der Waals surface area contributed by atoms with Crippen molar-refractivity contribution < 1.29 is 8.42 Å². The molecule has 1 aliphatic rings. The van der Waals surface area contributed by atoms with Gasteiger partial charge in [0.25, 0.3) is 0 Å². The van der Waals surface area contributed by atoms with Gasteiger partial charge in [0.05, 0.1) is 0 Å². The van der Waals surface area contributed by atoms with E-state index >= 15 is 0 Å². The lowest BCUT2D eigenvalue weighted by Gasteiger charge is -1.94. The predicted molar refractivity (Wildman–Crippen MR) is 35.3 cm³/mol. The van der Waals surface area contributed by atoms with E-state index in [2.05, 4.69) is 4.72 Å². The second-order valence-corrected chi connectivity index (χ2v) is 3.60. The highest BCUT2D eigenvalue weighted by atomic mass is 32.2. The average molecular weight is 147 g/mol. The third kappa shape index (κ3) is 2.15. The molecule has 0 radical (unpaired) electrons. The zero-order valence-corrected chi connectivity index (χ0v) is 5.82. The number of sulfonamides is 1. The van der Waals surface area contributed by atoms with Crippen LogP contribution in [0.4, 0.5) is 0 Å². The number of nitrogens with one attached hydrogen (secondary N) is 1. The second-order valence-electron chi connectivity index (χ2n) is 1.95. The van der Waals surface area contributed by atoms with Crippen LogP contribution in [0.2, 0.25) is 0 Å². The molecule has 1 rings (SSSR count). The summed E-state index contributed by atoms with van der Waals surface area (Å²) >= 11 is 0. The summed E-state index contributed by atoms with van der Waals surface area (Å²) in [4.78, 5) is 0. The molecule has 0 saturated carbocycles. The van der Waals surface area contributed by atoms with Crippen LogP contribution in [0.3, 0.4) is 0 Å². The summed E-state index contributed by atoms with van der Waals surface area (Å²) in [7, 11) is -3.05. The first kappa shape index (κ1) is 6.77. The van der Waals surface area contributed by atoms with Gasteiger partial charge in [0.1, 0.15) is 0 Å². The van der Waals surface area contributed by atoms with Crippen LogP contribution in [-0.2, 0) is 10.0 Å². The minimum absolute atomic E-state index is 0.565. The molecule has 0 unspecified atom stereocenters. The first-order chi connectivity index (χ1) is 4.21. The van der Waals surface area contributed by atoms with Crippen molar-refractivity contribution in [2.75, 3.05) is 6.54 Å². The van der Waals surface area contributed by atoms with Crippen molar-refractivity contribution in [2.45, 2.75) is 12.8 Å². The highest BCUT2D eigenvalue weighted by molar-refractivity contribution is 7.92. The molecule has 3 nitrogen and oxygen atoms in total. The van der Waals surface area contributed by atoms with Crippen molar-refractivity contribution in [2.24, 2.45) is 0 Å². The molecule has 52 valence electrons. The van der Waals surface area contributed by atoms with Crippen LogP contribution in [0, 0.1) is 0 Å². The molecule has 0 fully saturated rings. The fraction of sp³-hybridized carbons (Fsp3) is 0.600. The average Bonchev–Trinajstić information content (AvgIpc) is 1.92. The van der Waals surface area contributed by atoms with Crippen molar-refractivity contribution in [3.63, 3.8) is 0 Å². The fourth-order valence-corrected chi connectivity index (χ4v) is 1.59. The van der Waals surface area contributed by atoms with E-state index in [4.69, 9.17) is 0 Å². The molecule has 0 spiro atoms. The lowest BCUT2D eigenvalue weighted by Crippen LogP contribution is -2.20. The van der Waals surface area contributed by atoms with Crippen molar-refractivity contribution in [1.82, 2.24) is 4.72 Å². The van der Waals surface area contributed by atoms with E-state index in [1.807, 2.05) is 0 Å². The Hall–Kier alpha value is -0.350. The third-order valence-electron chi connectivity index (χ3n) is 1.13. The highest BCUT2D eigenvalue weighted by Gasteiger charge is 2.05. The lowest BCUT2D eigenvalue weighted by molar-refractivity contribution is 0.591. The van der Waals surface area contributed by atoms with Gasteiger partial charge in [-0.2, -0.15) is 0 Å². The topological polar surface area (TPSA) is 46.2 Å². The van der Waals surface area contributed by atoms with Gasteiger partial charge in [-0.3, -0.25) is 0 Å². The highest BCUT2D eigenvalue weighted by Crippen LogP contribution is 1.98. The fourth-order valence-electron chi connectivity index (χ4n) is 0.677. The Morgan fingerprint density at radius 3 is 3.00 bits per heavy atom. The smallest absolute Gasteiger partial charge is 0.212 e. The Morgan fingerprint density at radius 1 is 1.44 bits per heavy atom. The molecule has 4 heteroatoms. The van der Waals surface area contributed by atoms with Gasteiger partial charge in [-0.15, -0.1) is 0 Å². The van der Waals surface area contributed by atoms with Crippen molar-refractivity contribution in [3.8, 4) is 0 Å². The SMILES string of the molecule is O=S1(=O)C=CCCCN1. The van der Waals surface area contributed by atoms with Crippen molar-refractivity contribution in [3.05, 3.63) is 11.5 Å². The maximum Gasteiger partial charge on any atom is 0.233 e. The largest absolute Gasteiger partial charge is 0.233 e. The Bertz CT molecular complexity index is 205. The van der Waals surface area contributed by atoms with Gasteiger partial charge in [-0.1, -0.05) is 6.08 Å². The van der Waals surface area contributed by atoms with E-state index in [1.54, 1.807) is 6.08 Å². The van der Waals surface area contributed by atoms with E-state index in [9.17, 15) is 8.42 Å². The zero-order chi connectivity index (χ0) is 6.74. The maximum atomic E-state index is 10.7. The molecule has 0 aromatic heterocycles. The third-order valence-corrected chi connectivity index (χ3v) is 2.28. The van der Waals surface area contributed by atoms with Crippen LogP contribution in [0.15, 0.2) is 11.5 Å². The van der Waals surface area contributed by atoms with E-state index < -0.39 is 10.0 Å².